The predicted molar refractivity (Wildman–Crippen MR) is 120 cm³/mol. The van der Waals surface area contributed by atoms with Crippen molar-refractivity contribution in [1.82, 2.24) is 9.47 Å². The number of ether oxygens (including phenoxy) is 2. The summed E-state index contributed by atoms with van der Waals surface area (Å²) in [7, 11) is 1.46. The van der Waals surface area contributed by atoms with Crippen LogP contribution in [0.2, 0.25) is 0 Å². The van der Waals surface area contributed by atoms with Gasteiger partial charge in [-0.05, 0) is 57.1 Å². The molecule has 0 aliphatic carbocycles. The number of piperidine rings is 1. The molecule has 2 aliphatic rings. The van der Waals surface area contributed by atoms with Crippen LogP contribution in [0.15, 0.2) is 24.3 Å². The number of hydrogen-bond acceptors (Lipinski definition) is 5. The lowest BCUT2D eigenvalue weighted by Gasteiger charge is -2.46. The molecule has 168 valence electrons. The number of rotatable bonds is 3. The molecule has 3 heterocycles. The third-order valence-corrected chi connectivity index (χ3v) is 6.84. The number of esters is 1. The van der Waals surface area contributed by atoms with Crippen LogP contribution >= 0.6 is 0 Å². The van der Waals surface area contributed by atoms with Crippen LogP contribution in [0.5, 0.6) is 0 Å². The summed E-state index contributed by atoms with van der Waals surface area (Å²) in [6, 6.07) is 8.21. The fraction of sp³-hybridized carbons (Fsp3) is 0.600. The summed E-state index contributed by atoms with van der Waals surface area (Å²) in [6.07, 6.45) is 2.91. The number of fused-ring (bicyclic) bond motifs is 5. The van der Waals surface area contributed by atoms with E-state index in [-0.39, 0.29) is 24.0 Å². The van der Waals surface area contributed by atoms with E-state index in [9.17, 15) is 9.59 Å². The molecule has 0 bridgehead atoms. The van der Waals surface area contributed by atoms with Crippen molar-refractivity contribution >= 4 is 23.0 Å². The smallest absolute Gasteiger partial charge is 0.419 e. The molecule has 1 saturated heterocycles. The van der Waals surface area contributed by atoms with Crippen molar-refractivity contribution in [2.75, 3.05) is 20.2 Å². The fourth-order valence-corrected chi connectivity index (χ4v) is 5.45. The molecule has 1 aromatic heterocycles. The second-order valence-electron chi connectivity index (χ2n) is 9.90. The Morgan fingerprint density at radius 2 is 1.90 bits per heavy atom. The zero-order chi connectivity index (χ0) is 22.3. The SMILES string of the molecule is CC[C@H]1CN2CCc3c(n(C(=O)OC(C)(C)C)c4ccccc34)[C@@H]2C[C@@H]1CC(=O)OC. The summed E-state index contributed by atoms with van der Waals surface area (Å²) in [6.45, 7) is 9.80. The van der Waals surface area contributed by atoms with Crippen LogP contribution in [-0.2, 0) is 20.7 Å². The summed E-state index contributed by atoms with van der Waals surface area (Å²) in [4.78, 5) is 28.0. The van der Waals surface area contributed by atoms with Crippen LogP contribution < -0.4 is 0 Å². The molecule has 0 spiro atoms. The van der Waals surface area contributed by atoms with Gasteiger partial charge in [0.15, 0.2) is 0 Å². The first-order valence-corrected chi connectivity index (χ1v) is 11.4. The Kier molecular flexibility index (Phi) is 5.86. The van der Waals surface area contributed by atoms with Gasteiger partial charge in [-0.2, -0.15) is 0 Å². The van der Waals surface area contributed by atoms with E-state index in [0.717, 1.165) is 48.9 Å². The van der Waals surface area contributed by atoms with E-state index in [1.165, 1.54) is 12.7 Å². The molecule has 2 aliphatic heterocycles. The lowest BCUT2D eigenvalue weighted by molar-refractivity contribution is -0.143. The van der Waals surface area contributed by atoms with Gasteiger partial charge in [0.2, 0.25) is 0 Å². The van der Waals surface area contributed by atoms with Crippen molar-refractivity contribution in [3.63, 3.8) is 0 Å². The molecule has 6 heteroatoms. The number of carbonyl (C=O) groups excluding carboxylic acids is 2. The van der Waals surface area contributed by atoms with Gasteiger partial charge in [0, 0.05) is 24.9 Å². The molecule has 2 aromatic rings. The van der Waals surface area contributed by atoms with E-state index < -0.39 is 5.60 Å². The number of para-hydroxylation sites is 1. The lowest BCUT2D eigenvalue weighted by Crippen LogP contribution is -2.47. The minimum Gasteiger partial charge on any atom is -0.469 e. The van der Waals surface area contributed by atoms with Gasteiger partial charge >= 0.3 is 12.1 Å². The van der Waals surface area contributed by atoms with Gasteiger partial charge in [-0.15, -0.1) is 0 Å². The minimum absolute atomic E-state index is 0.0983. The predicted octanol–water partition coefficient (Wildman–Crippen LogP) is 4.93. The topological polar surface area (TPSA) is 60.8 Å². The van der Waals surface area contributed by atoms with Gasteiger partial charge in [0.1, 0.15) is 5.60 Å². The molecule has 0 N–H and O–H groups in total. The van der Waals surface area contributed by atoms with Gasteiger partial charge in [-0.3, -0.25) is 9.69 Å². The molecular formula is C25H34N2O4. The largest absolute Gasteiger partial charge is 0.469 e. The maximum Gasteiger partial charge on any atom is 0.419 e. The second kappa shape index (κ2) is 8.30. The number of benzene rings is 1. The first kappa shape index (κ1) is 21.9. The Morgan fingerprint density at radius 1 is 1.16 bits per heavy atom. The Balaban J connectivity index is 1.80. The first-order chi connectivity index (χ1) is 14.7. The van der Waals surface area contributed by atoms with Crippen LogP contribution in [-0.4, -0.2) is 47.3 Å². The highest BCUT2D eigenvalue weighted by molar-refractivity contribution is 5.94. The number of hydrogen-bond donors (Lipinski definition) is 0. The van der Waals surface area contributed by atoms with Crippen LogP contribution in [0.25, 0.3) is 10.9 Å². The van der Waals surface area contributed by atoms with Crippen LogP contribution in [0, 0.1) is 11.8 Å². The summed E-state index contributed by atoms with van der Waals surface area (Å²) in [5.41, 5.74) is 2.63. The summed E-state index contributed by atoms with van der Waals surface area (Å²) in [5, 5.41) is 1.13. The summed E-state index contributed by atoms with van der Waals surface area (Å²) < 4.78 is 12.6. The molecule has 4 rings (SSSR count). The molecule has 1 fully saturated rings. The van der Waals surface area contributed by atoms with Gasteiger partial charge in [-0.25, -0.2) is 9.36 Å². The Bertz CT molecular complexity index is 987. The Morgan fingerprint density at radius 3 is 2.58 bits per heavy atom. The van der Waals surface area contributed by atoms with E-state index in [4.69, 9.17) is 9.47 Å². The van der Waals surface area contributed by atoms with E-state index in [1.54, 1.807) is 4.57 Å². The van der Waals surface area contributed by atoms with Crippen molar-refractivity contribution in [2.24, 2.45) is 11.8 Å². The normalized spacial score (nSPS) is 23.8. The van der Waals surface area contributed by atoms with Crippen LogP contribution in [0.4, 0.5) is 4.79 Å². The monoisotopic (exact) mass is 426 g/mol. The standard InChI is InChI=1S/C25H34N2O4/c1-6-16-15-26-12-11-19-18-9-7-8-10-20(18)27(24(29)31-25(2,3)4)23(19)21(26)13-17(16)14-22(28)30-5/h7-10,16-17,21H,6,11-15H2,1-5H3/t16-,17+,21-/m0/s1. The highest BCUT2D eigenvalue weighted by atomic mass is 16.6. The third kappa shape index (κ3) is 4.10. The molecule has 0 unspecified atom stereocenters. The second-order valence-corrected chi connectivity index (χ2v) is 9.90. The average Bonchev–Trinajstić information content (AvgIpc) is 3.07. The lowest BCUT2D eigenvalue weighted by atomic mass is 9.76. The molecule has 6 nitrogen and oxygen atoms in total. The van der Waals surface area contributed by atoms with E-state index in [0.29, 0.717) is 12.3 Å². The van der Waals surface area contributed by atoms with Crippen LogP contribution in [0.1, 0.15) is 64.3 Å². The molecule has 31 heavy (non-hydrogen) atoms. The maximum absolute atomic E-state index is 13.4. The van der Waals surface area contributed by atoms with Crippen molar-refractivity contribution < 1.29 is 19.1 Å². The molecule has 3 atom stereocenters. The Hall–Kier alpha value is -2.34. The zero-order valence-corrected chi connectivity index (χ0v) is 19.3. The van der Waals surface area contributed by atoms with Crippen LogP contribution in [0.3, 0.4) is 0 Å². The molecule has 0 saturated carbocycles. The highest BCUT2D eigenvalue weighted by Crippen LogP contribution is 2.46. The summed E-state index contributed by atoms with van der Waals surface area (Å²) >= 11 is 0. The van der Waals surface area contributed by atoms with E-state index >= 15 is 0 Å². The minimum atomic E-state index is -0.572. The average molecular weight is 427 g/mol. The van der Waals surface area contributed by atoms with Crippen molar-refractivity contribution in [3.8, 4) is 0 Å². The number of aromatic nitrogens is 1. The van der Waals surface area contributed by atoms with E-state index in [1.807, 2.05) is 39.0 Å². The summed E-state index contributed by atoms with van der Waals surface area (Å²) in [5.74, 6) is 0.548. The van der Waals surface area contributed by atoms with Crippen molar-refractivity contribution in [1.29, 1.82) is 0 Å². The third-order valence-electron chi connectivity index (χ3n) is 6.84. The number of nitrogens with zero attached hydrogens (tertiary/aromatic N) is 2. The molecule has 0 amide bonds. The molecule has 1 aromatic carbocycles. The molecule has 0 radical (unpaired) electrons. The zero-order valence-electron chi connectivity index (χ0n) is 19.3. The van der Waals surface area contributed by atoms with Gasteiger partial charge in [-0.1, -0.05) is 31.5 Å². The Labute approximate surface area is 184 Å². The number of methoxy groups -OCH3 is 1. The van der Waals surface area contributed by atoms with Gasteiger partial charge in [0.25, 0.3) is 0 Å². The number of carbonyl (C=O) groups is 2. The van der Waals surface area contributed by atoms with Gasteiger partial charge < -0.3 is 9.47 Å². The maximum atomic E-state index is 13.4. The first-order valence-electron chi connectivity index (χ1n) is 11.4. The quantitative estimate of drug-likeness (QED) is 0.651. The van der Waals surface area contributed by atoms with Crippen molar-refractivity contribution in [2.45, 2.75) is 65.0 Å². The van der Waals surface area contributed by atoms with Crippen molar-refractivity contribution in [3.05, 3.63) is 35.5 Å². The highest BCUT2D eigenvalue weighted by Gasteiger charge is 2.42. The van der Waals surface area contributed by atoms with E-state index in [2.05, 4.69) is 17.9 Å². The fourth-order valence-electron chi connectivity index (χ4n) is 5.45. The van der Waals surface area contributed by atoms with Gasteiger partial charge in [0.05, 0.1) is 24.4 Å². The molecular weight excluding hydrogens is 392 g/mol.